The monoisotopic (exact) mass is 425 g/mol. The van der Waals surface area contributed by atoms with Crippen LogP contribution in [0.1, 0.15) is 24.4 Å². The summed E-state index contributed by atoms with van der Waals surface area (Å²) in [5.41, 5.74) is 0.824. The molecule has 0 bridgehead atoms. The molecular formula is C18H15BrF3N3O. The average molecular weight is 426 g/mol. The Morgan fingerprint density at radius 1 is 1.04 bits per heavy atom. The number of anilines is 1. The summed E-state index contributed by atoms with van der Waals surface area (Å²) in [4.78, 5) is 7.22. The molecule has 4 nitrogen and oxygen atoms in total. The van der Waals surface area contributed by atoms with Crippen LogP contribution in [0, 0.1) is 0 Å². The SMILES string of the molecule is C[C@@H](Nc1nc(C(F)(F)F)nc2ccccc12)[C@@H](O)c1ccc(Br)cc1. The van der Waals surface area contributed by atoms with Crippen LogP contribution in [0.3, 0.4) is 0 Å². The molecule has 0 radical (unpaired) electrons. The molecule has 0 amide bonds. The fourth-order valence-corrected chi connectivity index (χ4v) is 2.82. The Balaban J connectivity index is 1.95. The van der Waals surface area contributed by atoms with E-state index < -0.39 is 24.1 Å². The van der Waals surface area contributed by atoms with Crippen LogP contribution >= 0.6 is 15.9 Å². The number of aliphatic hydroxyl groups is 1. The summed E-state index contributed by atoms with van der Waals surface area (Å²) in [7, 11) is 0. The van der Waals surface area contributed by atoms with Gasteiger partial charge in [0, 0.05) is 9.86 Å². The molecule has 1 aromatic heterocycles. The summed E-state index contributed by atoms with van der Waals surface area (Å²) < 4.78 is 40.1. The van der Waals surface area contributed by atoms with Crippen LogP contribution in [-0.4, -0.2) is 21.1 Å². The minimum absolute atomic E-state index is 0.0339. The number of nitrogens with zero attached hydrogens (tertiary/aromatic N) is 2. The van der Waals surface area contributed by atoms with Gasteiger partial charge in [0.1, 0.15) is 5.82 Å². The van der Waals surface area contributed by atoms with Gasteiger partial charge < -0.3 is 10.4 Å². The van der Waals surface area contributed by atoms with E-state index in [0.717, 1.165) is 4.47 Å². The van der Waals surface area contributed by atoms with Gasteiger partial charge in [-0.25, -0.2) is 9.97 Å². The zero-order chi connectivity index (χ0) is 18.9. The lowest BCUT2D eigenvalue weighted by Crippen LogP contribution is -2.25. The summed E-state index contributed by atoms with van der Waals surface area (Å²) in [5, 5.41) is 13.9. The molecule has 0 spiro atoms. The van der Waals surface area contributed by atoms with Gasteiger partial charge in [-0.3, -0.25) is 0 Å². The lowest BCUT2D eigenvalue weighted by Gasteiger charge is -2.22. The molecule has 136 valence electrons. The van der Waals surface area contributed by atoms with Gasteiger partial charge in [-0.15, -0.1) is 0 Å². The number of aliphatic hydroxyl groups excluding tert-OH is 1. The van der Waals surface area contributed by atoms with Crippen LogP contribution < -0.4 is 5.32 Å². The molecule has 0 saturated heterocycles. The van der Waals surface area contributed by atoms with Crippen molar-refractivity contribution in [1.82, 2.24) is 9.97 Å². The van der Waals surface area contributed by atoms with E-state index in [4.69, 9.17) is 0 Å². The first-order chi connectivity index (χ1) is 12.3. The molecule has 0 fully saturated rings. The van der Waals surface area contributed by atoms with E-state index in [1.165, 1.54) is 6.07 Å². The average Bonchev–Trinajstić information content (AvgIpc) is 2.61. The standard InChI is InChI=1S/C18H15BrF3N3O/c1-10(15(26)11-6-8-12(19)9-7-11)23-16-13-4-2-3-5-14(13)24-17(25-16)18(20,21)22/h2-10,15,26H,1H3,(H,23,24,25)/t10-,15-/m1/s1. The number of aromatic nitrogens is 2. The molecule has 0 aliphatic heterocycles. The van der Waals surface area contributed by atoms with E-state index in [-0.39, 0.29) is 11.3 Å². The molecular weight excluding hydrogens is 411 g/mol. The Hall–Kier alpha value is -2.19. The van der Waals surface area contributed by atoms with Crippen LogP contribution in [-0.2, 0) is 6.18 Å². The highest BCUT2D eigenvalue weighted by molar-refractivity contribution is 9.10. The Morgan fingerprint density at radius 3 is 2.35 bits per heavy atom. The molecule has 26 heavy (non-hydrogen) atoms. The topological polar surface area (TPSA) is 58.0 Å². The van der Waals surface area contributed by atoms with Crippen molar-refractivity contribution in [2.45, 2.75) is 25.2 Å². The number of rotatable bonds is 4. The predicted molar refractivity (Wildman–Crippen MR) is 96.7 cm³/mol. The van der Waals surface area contributed by atoms with Gasteiger partial charge in [-0.1, -0.05) is 40.2 Å². The summed E-state index contributed by atoms with van der Waals surface area (Å²) >= 11 is 3.32. The summed E-state index contributed by atoms with van der Waals surface area (Å²) in [6, 6.07) is 12.9. The third-order valence-corrected chi connectivity index (χ3v) is 4.43. The fourth-order valence-electron chi connectivity index (χ4n) is 2.56. The highest BCUT2D eigenvalue weighted by Crippen LogP contribution is 2.31. The van der Waals surface area contributed by atoms with Crippen LogP contribution in [0.25, 0.3) is 10.9 Å². The lowest BCUT2D eigenvalue weighted by atomic mass is 10.0. The van der Waals surface area contributed by atoms with Gasteiger partial charge in [0.15, 0.2) is 0 Å². The van der Waals surface area contributed by atoms with E-state index in [9.17, 15) is 18.3 Å². The zero-order valence-corrected chi connectivity index (χ0v) is 15.2. The number of benzene rings is 2. The van der Waals surface area contributed by atoms with Crippen LogP contribution in [0.2, 0.25) is 0 Å². The molecule has 0 saturated carbocycles. The van der Waals surface area contributed by atoms with Gasteiger partial charge in [0.2, 0.25) is 5.82 Å². The van der Waals surface area contributed by atoms with Crippen LogP contribution in [0.5, 0.6) is 0 Å². The number of hydrogen-bond acceptors (Lipinski definition) is 4. The molecule has 3 rings (SSSR count). The third kappa shape index (κ3) is 3.96. The van der Waals surface area contributed by atoms with Gasteiger partial charge in [0.05, 0.1) is 17.7 Å². The highest BCUT2D eigenvalue weighted by atomic mass is 79.9. The van der Waals surface area contributed by atoms with Crippen molar-refractivity contribution in [2.75, 3.05) is 5.32 Å². The van der Waals surface area contributed by atoms with Crippen molar-refractivity contribution in [3.05, 3.63) is 64.4 Å². The minimum Gasteiger partial charge on any atom is -0.386 e. The number of hydrogen-bond donors (Lipinski definition) is 2. The maximum absolute atomic E-state index is 13.1. The second kappa shape index (κ2) is 7.20. The van der Waals surface area contributed by atoms with E-state index in [1.807, 2.05) is 0 Å². The maximum atomic E-state index is 13.1. The van der Waals surface area contributed by atoms with Gasteiger partial charge >= 0.3 is 6.18 Å². The first-order valence-electron chi connectivity index (χ1n) is 7.80. The van der Waals surface area contributed by atoms with Crippen molar-refractivity contribution < 1.29 is 18.3 Å². The Labute approximate surface area is 156 Å². The molecule has 2 aromatic carbocycles. The van der Waals surface area contributed by atoms with Crippen molar-refractivity contribution in [3.63, 3.8) is 0 Å². The van der Waals surface area contributed by atoms with Gasteiger partial charge in [-0.05, 0) is 36.8 Å². The number of nitrogens with one attached hydrogen (secondary N) is 1. The zero-order valence-electron chi connectivity index (χ0n) is 13.6. The summed E-state index contributed by atoms with van der Waals surface area (Å²) in [6.07, 6.45) is -5.58. The Kier molecular flexibility index (Phi) is 5.15. The first kappa shape index (κ1) is 18.6. The molecule has 0 aliphatic carbocycles. The molecule has 0 aliphatic rings. The highest BCUT2D eigenvalue weighted by Gasteiger charge is 2.35. The predicted octanol–water partition coefficient (Wildman–Crippen LogP) is 4.95. The van der Waals surface area contributed by atoms with Crippen molar-refractivity contribution >= 4 is 32.7 Å². The fraction of sp³-hybridized carbons (Fsp3) is 0.222. The van der Waals surface area contributed by atoms with Crippen molar-refractivity contribution in [1.29, 1.82) is 0 Å². The number of halogens is 4. The molecule has 8 heteroatoms. The van der Waals surface area contributed by atoms with Crippen molar-refractivity contribution in [3.8, 4) is 0 Å². The summed E-state index contributed by atoms with van der Waals surface area (Å²) in [6.45, 7) is 1.68. The number of fused-ring (bicyclic) bond motifs is 1. The molecule has 1 heterocycles. The molecule has 3 aromatic rings. The maximum Gasteiger partial charge on any atom is 0.451 e. The van der Waals surface area contributed by atoms with Gasteiger partial charge in [0.25, 0.3) is 0 Å². The molecule has 0 unspecified atom stereocenters. The lowest BCUT2D eigenvalue weighted by molar-refractivity contribution is -0.144. The van der Waals surface area contributed by atoms with E-state index in [0.29, 0.717) is 10.9 Å². The normalized spacial score (nSPS) is 14.2. The molecule has 2 N–H and O–H groups in total. The Morgan fingerprint density at radius 2 is 1.69 bits per heavy atom. The third-order valence-electron chi connectivity index (χ3n) is 3.91. The minimum atomic E-state index is -4.66. The van der Waals surface area contributed by atoms with Crippen LogP contribution in [0.4, 0.5) is 19.0 Å². The van der Waals surface area contributed by atoms with E-state index in [1.54, 1.807) is 49.4 Å². The number of alkyl halides is 3. The Bertz CT molecular complexity index is 916. The second-order valence-electron chi connectivity index (χ2n) is 5.84. The second-order valence-corrected chi connectivity index (χ2v) is 6.76. The molecule has 2 atom stereocenters. The largest absolute Gasteiger partial charge is 0.451 e. The summed E-state index contributed by atoms with van der Waals surface area (Å²) in [5.74, 6) is -1.18. The van der Waals surface area contributed by atoms with Gasteiger partial charge in [-0.2, -0.15) is 13.2 Å². The number of para-hydroxylation sites is 1. The smallest absolute Gasteiger partial charge is 0.386 e. The van der Waals surface area contributed by atoms with E-state index in [2.05, 4.69) is 31.2 Å². The van der Waals surface area contributed by atoms with E-state index >= 15 is 0 Å². The van der Waals surface area contributed by atoms with Crippen molar-refractivity contribution in [2.24, 2.45) is 0 Å². The van der Waals surface area contributed by atoms with Crippen LogP contribution in [0.15, 0.2) is 53.0 Å². The quantitative estimate of drug-likeness (QED) is 0.620. The first-order valence-corrected chi connectivity index (χ1v) is 8.59.